The summed E-state index contributed by atoms with van der Waals surface area (Å²) in [5, 5.41) is 0.844. The molecule has 2 nitrogen and oxygen atoms in total. The van der Waals surface area contributed by atoms with Gasteiger partial charge in [-0.05, 0) is 12.1 Å². The molecule has 0 bridgehead atoms. The minimum absolute atomic E-state index is 0.171. The molecule has 14 heavy (non-hydrogen) atoms. The third-order valence-electron chi connectivity index (χ3n) is 1.94. The molecule has 0 saturated heterocycles. The fourth-order valence-electron chi connectivity index (χ4n) is 1.26. The van der Waals surface area contributed by atoms with E-state index in [1.165, 1.54) is 13.2 Å². The summed E-state index contributed by atoms with van der Waals surface area (Å²) in [5.41, 5.74) is 0.262. The lowest BCUT2D eigenvalue weighted by molar-refractivity contribution is 0.414. The van der Waals surface area contributed by atoms with Crippen molar-refractivity contribution in [2.24, 2.45) is 0 Å². The highest BCUT2D eigenvalue weighted by Crippen LogP contribution is 2.27. The van der Waals surface area contributed by atoms with Gasteiger partial charge in [0, 0.05) is 5.39 Å². The molecule has 0 unspecified atom stereocenters. The standard InChI is InChI=1S/C10H7ClFNO/c1-14-8-5-6-3-2-4-7(12)9(6)13-10(8)11/h2-5H,1H3. The SMILES string of the molecule is COc1cc2cccc(F)c2nc1Cl. The minimum Gasteiger partial charge on any atom is -0.494 e. The molecular formula is C10H7ClFNO. The number of ether oxygens (including phenoxy) is 1. The second-order valence-electron chi connectivity index (χ2n) is 2.79. The zero-order chi connectivity index (χ0) is 10.1. The molecule has 72 valence electrons. The van der Waals surface area contributed by atoms with E-state index >= 15 is 0 Å². The van der Waals surface area contributed by atoms with Crippen LogP contribution in [0.5, 0.6) is 5.75 Å². The maximum absolute atomic E-state index is 13.2. The van der Waals surface area contributed by atoms with E-state index < -0.39 is 0 Å². The first-order chi connectivity index (χ1) is 6.72. The molecule has 4 heteroatoms. The van der Waals surface area contributed by atoms with Crippen molar-refractivity contribution in [3.8, 4) is 5.75 Å². The van der Waals surface area contributed by atoms with Crippen LogP contribution in [-0.4, -0.2) is 12.1 Å². The van der Waals surface area contributed by atoms with Crippen LogP contribution in [0.4, 0.5) is 4.39 Å². The summed E-state index contributed by atoms with van der Waals surface area (Å²) in [7, 11) is 1.49. The van der Waals surface area contributed by atoms with Crippen LogP contribution in [0.15, 0.2) is 24.3 Å². The van der Waals surface area contributed by atoms with Crippen LogP contribution in [-0.2, 0) is 0 Å². The number of fused-ring (bicyclic) bond motifs is 1. The predicted octanol–water partition coefficient (Wildman–Crippen LogP) is 3.04. The van der Waals surface area contributed by atoms with Gasteiger partial charge in [-0.25, -0.2) is 9.37 Å². The monoisotopic (exact) mass is 211 g/mol. The van der Waals surface area contributed by atoms with Crippen molar-refractivity contribution in [3.63, 3.8) is 0 Å². The number of methoxy groups -OCH3 is 1. The smallest absolute Gasteiger partial charge is 0.171 e. The molecule has 0 aliphatic carbocycles. The van der Waals surface area contributed by atoms with E-state index in [2.05, 4.69) is 4.98 Å². The van der Waals surface area contributed by atoms with Crippen LogP contribution in [0, 0.1) is 5.82 Å². The van der Waals surface area contributed by atoms with Gasteiger partial charge in [-0.2, -0.15) is 0 Å². The van der Waals surface area contributed by atoms with Gasteiger partial charge < -0.3 is 4.74 Å². The van der Waals surface area contributed by atoms with Gasteiger partial charge in [0.2, 0.25) is 0 Å². The fraction of sp³-hybridized carbons (Fsp3) is 0.100. The van der Waals surface area contributed by atoms with E-state index in [1.54, 1.807) is 18.2 Å². The molecule has 0 atom stereocenters. The van der Waals surface area contributed by atoms with Crippen molar-refractivity contribution in [2.45, 2.75) is 0 Å². The third kappa shape index (κ3) is 1.40. The summed E-state index contributed by atoms with van der Waals surface area (Å²) in [6.07, 6.45) is 0. The molecule has 0 saturated carbocycles. The molecule has 0 N–H and O–H groups in total. The Balaban J connectivity index is 2.79. The van der Waals surface area contributed by atoms with Crippen molar-refractivity contribution in [2.75, 3.05) is 7.11 Å². The molecule has 1 aromatic carbocycles. The number of aromatic nitrogens is 1. The van der Waals surface area contributed by atoms with Crippen LogP contribution >= 0.6 is 11.6 Å². The molecule has 0 amide bonds. The molecular weight excluding hydrogens is 205 g/mol. The average Bonchev–Trinajstić information content (AvgIpc) is 2.19. The quantitative estimate of drug-likeness (QED) is 0.677. The average molecular weight is 212 g/mol. The van der Waals surface area contributed by atoms with Crippen molar-refractivity contribution in [3.05, 3.63) is 35.2 Å². The summed E-state index contributed by atoms with van der Waals surface area (Å²) < 4.78 is 18.2. The molecule has 1 heterocycles. The van der Waals surface area contributed by atoms with E-state index in [9.17, 15) is 4.39 Å². The van der Waals surface area contributed by atoms with E-state index in [4.69, 9.17) is 16.3 Å². The highest BCUT2D eigenvalue weighted by molar-refractivity contribution is 6.31. The molecule has 2 aromatic rings. The molecule has 0 aliphatic rings. The number of halogens is 2. The Morgan fingerprint density at radius 3 is 2.93 bits per heavy atom. The Kier molecular flexibility index (Phi) is 2.25. The highest BCUT2D eigenvalue weighted by Gasteiger charge is 2.07. The lowest BCUT2D eigenvalue weighted by Gasteiger charge is -2.04. The third-order valence-corrected chi connectivity index (χ3v) is 2.21. The Morgan fingerprint density at radius 1 is 1.43 bits per heavy atom. The highest BCUT2D eigenvalue weighted by atomic mass is 35.5. The van der Waals surface area contributed by atoms with E-state index in [1.807, 2.05) is 0 Å². The Bertz CT molecular complexity index is 487. The van der Waals surface area contributed by atoms with Crippen LogP contribution < -0.4 is 4.74 Å². The topological polar surface area (TPSA) is 22.1 Å². The lowest BCUT2D eigenvalue weighted by atomic mass is 10.2. The summed E-state index contributed by atoms with van der Waals surface area (Å²) in [6, 6.07) is 6.38. The van der Waals surface area contributed by atoms with Gasteiger partial charge >= 0.3 is 0 Å². The maximum Gasteiger partial charge on any atom is 0.171 e. The summed E-state index contributed by atoms with van der Waals surface area (Å²) in [4.78, 5) is 3.91. The van der Waals surface area contributed by atoms with Gasteiger partial charge in [0.15, 0.2) is 10.9 Å². The zero-order valence-electron chi connectivity index (χ0n) is 7.42. The van der Waals surface area contributed by atoms with Crippen LogP contribution in [0.3, 0.4) is 0 Å². The number of para-hydroxylation sites is 1. The number of benzene rings is 1. The van der Waals surface area contributed by atoms with Gasteiger partial charge in [0.05, 0.1) is 7.11 Å². The molecule has 1 aromatic heterocycles. The Hall–Kier alpha value is -1.35. The van der Waals surface area contributed by atoms with Crippen molar-refractivity contribution in [1.29, 1.82) is 0 Å². The van der Waals surface area contributed by atoms with E-state index in [-0.39, 0.29) is 16.5 Å². The number of hydrogen-bond acceptors (Lipinski definition) is 2. The molecule has 0 radical (unpaired) electrons. The van der Waals surface area contributed by atoms with Gasteiger partial charge in [0.25, 0.3) is 0 Å². The van der Waals surface area contributed by atoms with E-state index in [0.717, 1.165) is 0 Å². The zero-order valence-corrected chi connectivity index (χ0v) is 8.18. The van der Waals surface area contributed by atoms with Gasteiger partial charge in [-0.3, -0.25) is 0 Å². The van der Waals surface area contributed by atoms with E-state index in [0.29, 0.717) is 11.1 Å². The summed E-state index contributed by atoms with van der Waals surface area (Å²) >= 11 is 5.77. The molecule has 2 rings (SSSR count). The lowest BCUT2D eigenvalue weighted by Crippen LogP contribution is -1.90. The number of rotatable bonds is 1. The van der Waals surface area contributed by atoms with Crippen LogP contribution in [0.25, 0.3) is 10.9 Å². The largest absolute Gasteiger partial charge is 0.494 e. The van der Waals surface area contributed by atoms with Gasteiger partial charge in [-0.15, -0.1) is 0 Å². The van der Waals surface area contributed by atoms with Crippen molar-refractivity contribution < 1.29 is 9.13 Å². The van der Waals surface area contributed by atoms with Gasteiger partial charge in [-0.1, -0.05) is 23.7 Å². The minimum atomic E-state index is -0.382. The predicted molar refractivity (Wildman–Crippen MR) is 53.3 cm³/mol. The molecule has 0 fully saturated rings. The van der Waals surface area contributed by atoms with Gasteiger partial charge in [0.1, 0.15) is 11.3 Å². The van der Waals surface area contributed by atoms with Crippen LogP contribution in [0.1, 0.15) is 0 Å². The fourth-order valence-corrected chi connectivity index (χ4v) is 1.48. The summed E-state index contributed by atoms with van der Waals surface area (Å²) in [5.74, 6) is 0.0665. The first-order valence-corrected chi connectivity index (χ1v) is 4.39. The maximum atomic E-state index is 13.2. The molecule has 0 aliphatic heterocycles. The number of nitrogens with zero attached hydrogens (tertiary/aromatic N) is 1. The summed E-state index contributed by atoms with van der Waals surface area (Å²) in [6.45, 7) is 0. The van der Waals surface area contributed by atoms with Crippen LogP contribution in [0.2, 0.25) is 5.15 Å². The first kappa shape index (κ1) is 9.21. The molecule has 0 spiro atoms. The van der Waals surface area contributed by atoms with Crippen molar-refractivity contribution >= 4 is 22.5 Å². The van der Waals surface area contributed by atoms with Crippen molar-refractivity contribution in [1.82, 2.24) is 4.98 Å². The number of pyridine rings is 1. The first-order valence-electron chi connectivity index (χ1n) is 4.01. The number of hydrogen-bond donors (Lipinski definition) is 0. The normalized spacial score (nSPS) is 10.5. The second kappa shape index (κ2) is 3.42. The second-order valence-corrected chi connectivity index (χ2v) is 3.15. The Labute approximate surface area is 85.3 Å². The Morgan fingerprint density at radius 2 is 2.21 bits per heavy atom.